The zero-order valence-electron chi connectivity index (χ0n) is 13.7. The molecule has 2 rings (SSSR count). The van der Waals surface area contributed by atoms with Crippen LogP contribution in [0.1, 0.15) is 37.7 Å². The Bertz CT molecular complexity index is 610. The van der Waals surface area contributed by atoms with E-state index in [0.717, 1.165) is 25.7 Å². The standard InChI is InChI=1S/C17H23N3O4/c1-24-15-9-12(7-8-14(15)21)10-19-20-16(22)11-18-17(23)13-5-3-2-4-6-13/h7-10,13,21H,2-6,11H2,1H3,(H,18,23)(H,20,22). The first-order valence-corrected chi connectivity index (χ1v) is 8.07. The summed E-state index contributed by atoms with van der Waals surface area (Å²) in [6.07, 6.45) is 6.56. The molecule has 1 aromatic carbocycles. The summed E-state index contributed by atoms with van der Waals surface area (Å²) in [5.74, 6) is -0.0631. The molecule has 130 valence electrons. The fraction of sp³-hybridized carbons (Fsp3) is 0.471. The average molecular weight is 333 g/mol. The Hall–Kier alpha value is -2.57. The molecule has 1 aliphatic rings. The van der Waals surface area contributed by atoms with Gasteiger partial charge in [0.25, 0.3) is 5.91 Å². The summed E-state index contributed by atoms with van der Waals surface area (Å²) in [6, 6.07) is 4.71. The highest BCUT2D eigenvalue weighted by molar-refractivity contribution is 5.87. The zero-order valence-corrected chi connectivity index (χ0v) is 13.7. The average Bonchev–Trinajstić information content (AvgIpc) is 2.61. The van der Waals surface area contributed by atoms with Gasteiger partial charge in [-0.25, -0.2) is 5.43 Å². The van der Waals surface area contributed by atoms with Crippen LogP contribution in [-0.4, -0.2) is 36.8 Å². The summed E-state index contributed by atoms with van der Waals surface area (Å²) in [4.78, 5) is 23.6. The van der Waals surface area contributed by atoms with Gasteiger partial charge < -0.3 is 15.2 Å². The molecule has 7 nitrogen and oxygen atoms in total. The van der Waals surface area contributed by atoms with Crippen molar-refractivity contribution in [1.82, 2.24) is 10.7 Å². The molecule has 1 aliphatic carbocycles. The number of carbonyl (C=O) groups excluding carboxylic acids is 2. The molecule has 7 heteroatoms. The maximum Gasteiger partial charge on any atom is 0.259 e. The van der Waals surface area contributed by atoms with Crippen LogP contribution in [0, 0.1) is 5.92 Å². The number of carbonyl (C=O) groups is 2. The highest BCUT2D eigenvalue weighted by Gasteiger charge is 2.21. The van der Waals surface area contributed by atoms with Gasteiger partial charge in [0, 0.05) is 5.92 Å². The smallest absolute Gasteiger partial charge is 0.259 e. The molecule has 24 heavy (non-hydrogen) atoms. The third-order valence-electron chi connectivity index (χ3n) is 4.01. The number of amides is 2. The van der Waals surface area contributed by atoms with Crippen molar-refractivity contribution in [3.05, 3.63) is 23.8 Å². The molecule has 0 radical (unpaired) electrons. The molecular weight excluding hydrogens is 310 g/mol. The lowest BCUT2D eigenvalue weighted by Gasteiger charge is -2.20. The molecule has 0 heterocycles. The molecule has 0 unspecified atom stereocenters. The van der Waals surface area contributed by atoms with E-state index in [2.05, 4.69) is 15.8 Å². The molecule has 2 amide bonds. The minimum Gasteiger partial charge on any atom is -0.504 e. The minimum absolute atomic E-state index is 0.0273. The second-order valence-electron chi connectivity index (χ2n) is 5.78. The summed E-state index contributed by atoms with van der Waals surface area (Å²) in [7, 11) is 1.45. The summed E-state index contributed by atoms with van der Waals surface area (Å²) >= 11 is 0. The first-order valence-electron chi connectivity index (χ1n) is 8.07. The first-order chi connectivity index (χ1) is 11.6. The normalized spacial score (nSPS) is 15.2. The zero-order chi connectivity index (χ0) is 17.4. The fourth-order valence-electron chi connectivity index (χ4n) is 2.67. The molecule has 0 spiro atoms. The first kappa shape index (κ1) is 17.8. The molecule has 1 fully saturated rings. The van der Waals surface area contributed by atoms with Gasteiger partial charge in [-0.3, -0.25) is 9.59 Å². The predicted octanol–water partition coefficient (Wildman–Crippen LogP) is 1.55. The van der Waals surface area contributed by atoms with E-state index in [-0.39, 0.29) is 30.0 Å². The van der Waals surface area contributed by atoms with Crippen LogP contribution >= 0.6 is 0 Å². The van der Waals surface area contributed by atoms with E-state index < -0.39 is 0 Å². The van der Waals surface area contributed by atoms with E-state index in [9.17, 15) is 14.7 Å². The summed E-state index contributed by atoms with van der Waals surface area (Å²) < 4.78 is 4.99. The van der Waals surface area contributed by atoms with Crippen molar-refractivity contribution in [3.8, 4) is 11.5 Å². The SMILES string of the molecule is COc1cc(C=NNC(=O)CNC(=O)C2CCCCC2)ccc1O. The van der Waals surface area contributed by atoms with Crippen molar-refractivity contribution >= 4 is 18.0 Å². The van der Waals surface area contributed by atoms with Crippen LogP contribution in [0.5, 0.6) is 11.5 Å². The van der Waals surface area contributed by atoms with Crippen LogP contribution < -0.4 is 15.5 Å². The third-order valence-corrected chi connectivity index (χ3v) is 4.01. The number of phenolic OH excluding ortho intramolecular Hbond substituents is 1. The molecular formula is C17H23N3O4. The lowest BCUT2D eigenvalue weighted by Crippen LogP contribution is -2.38. The van der Waals surface area contributed by atoms with Gasteiger partial charge in [-0.05, 0) is 36.6 Å². The van der Waals surface area contributed by atoms with Crippen LogP contribution in [0.3, 0.4) is 0 Å². The Morgan fingerprint density at radius 1 is 1.33 bits per heavy atom. The van der Waals surface area contributed by atoms with E-state index in [1.54, 1.807) is 12.1 Å². The summed E-state index contributed by atoms with van der Waals surface area (Å²) in [5.41, 5.74) is 3.02. The number of nitrogens with one attached hydrogen (secondary N) is 2. The quantitative estimate of drug-likeness (QED) is 0.543. The van der Waals surface area contributed by atoms with Crippen LogP contribution in [-0.2, 0) is 9.59 Å². The van der Waals surface area contributed by atoms with Gasteiger partial charge in [0.15, 0.2) is 11.5 Å². The molecule has 0 saturated heterocycles. The van der Waals surface area contributed by atoms with Crippen LogP contribution in [0.2, 0.25) is 0 Å². The molecule has 1 saturated carbocycles. The van der Waals surface area contributed by atoms with Gasteiger partial charge in [-0.15, -0.1) is 0 Å². The van der Waals surface area contributed by atoms with Gasteiger partial charge in [0.05, 0.1) is 19.9 Å². The van der Waals surface area contributed by atoms with E-state index >= 15 is 0 Å². The van der Waals surface area contributed by atoms with Crippen molar-refractivity contribution in [2.24, 2.45) is 11.0 Å². The van der Waals surface area contributed by atoms with Gasteiger partial charge in [0.2, 0.25) is 5.91 Å². The van der Waals surface area contributed by atoms with Crippen molar-refractivity contribution in [1.29, 1.82) is 0 Å². The lowest BCUT2D eigenvalue weighted by molar-refractivity contribution is -0.129. The van der Waals surface area contributed by atoms with Crippen molar-refractivity contribution in [2.45, 2.75) is 32.1 Å². The molecule has 0 aromatic heterocycles. The second kappa shape index (κ2) is 8.90. The van der Waals surface area contributed by atoms with E-state index in [1.807, 2.05) is 0 Å². The Kier molecular flexibility index (Phi) is 6.60. The number of hydrazone groups is 1. The number of rotatable bonds is 6. The van der Waals surface area contributed by atoms with Crippen molar-refractivity contribution in [3.63, 3.8) is 0 Å². The van der Waals surface area contributed by atoms with Gasteiger partial charge in [-0.2, -0.15) is 5.10 Å². The maximum atomic E-state index is 11.9. The van der Waals surface area contributed by atoms with E-state index in [4.69, 9.17) is 4.74 Å². The number of phenols is 1. The highest BCUT2D eigenvalue weighted by atomic mass is 16.5. The van der Waals surface area contributed by atoms with Crippen LogP contribution in [0.15, 0.2) is 23.3 Å². The number of hydrogen-bond acceptors (Lipinski definition) is 5. The predicted molar refractivity (Wildman–Crippen MR) is 90.0 cm³/mol. The number of nitrogens with zero attached hydrogens (tertiary/aromatic N) is 1. The third kappa shape index (κ3) is 5.26. The Balaban J connectivity index is 1.75. The molecule has 1 aromatic rings. The van der Waals surface area contributed by atoms with Crippen molar-refractivity contribution in [2.75, 3.05) is 13.7 Å². The molecule has 3 N–H and O–H groups in total. The lowest BCUT2D eigenvalue weighted by atomic mass is 9.89. The Morgan fingerprint density at radius 3 is 2.79 bits per heavy atom. The number of ether oxygens (including phenoxy) is 1. The van der Waals surface area contributed by atoms with E-state index in [0.29, 0.717) is 11.3 Å². The number of hydrogen-bond donors (Lipinski definition) is 3. The van der Waals surface area contributed by atoms with E-state index in [1.165, 1.54) is 25.8 Å². The molecule has 0 aliphatic heterocycles. The monoisotopic (exact) mass is 333 g/mol. The van der Waals surface area contributed by atoms with Crippen molar-refractivity contribution < 1.29 is 19.4 Å². The minimum atomic E-state index is -0.388. The number of benzene rings is 1. The maximum absolute atomic E-state index is 11.9. The van der Waals surface area contributed by atoms with Crippen LogP contribution in [0.4, 0.5) is 0 Å². The van der Waals surface area contributed by atoms with Gasteiger partial charge >= 0.3 is 0 Å². The Morgan fingerprint density at radius 2 is 2.08 bits per heavy atom. The topological polar surface area (TPSA) is 100 Å². The highest BCUT2D eigenvalue weighted by Crippen LogP contribution is 2.25. The number of aromatic hydroxyl groups is 1. The Labute approximate surface area is 141 Å². The number of methoxy groups -OCH3 is 1. The van der Waals surface area contributed by atoms with Gasteiger partial charge in [-0.1, -0.05) is 19.3 Å². The second-order valence-corrected chi connectivity index (χ2v) is 5.78. The van der Waals surface area contributed by atoms with Crippen LogP contribution in [0.25, 0.3) is 0 Å². The fourth-order valence-corrected chi connectivity index (χ4v) is 2.67. The largest absolute Gasteiger partial charge is 0.504 e. The molecule has 0 bridgehead atoms. The van der Waals surface area contributed by atoms with Gasteiger partial charge in [0.1, 0.15) is 0 Å². The summed E-state index contributed by atoms with van der Waals surface area (Å²) in [6.45, 7) is -0.0917. The molecule has 0 atom stereocenters. The summed E-state index contributed by atoms with van der Waals surface area (Å²) in [5, 5.41) is 16.0.